The Morgan fingerprint density at radius 2 is 1.50 bits per heavy atom. The third kappa shape index (κ3) is 163. The van der Waals surface area contributed by atoms with Gasteiger partial charge in [-0.1, -0.05) is 37.1 Å². The number of azide groups is 1. The second-order valence-corrected chi connectivity index (χ2v) is 0.205. The quantitative estimate of drug-likeness (QED) is 0.190. The molecule has 0 rings (SSSR count). The van der Waals surface area contributed by atoms with E-state index in [0.29, 0.717) is 7.02 Å². The molecule has 0 aliphatic heterocycles. The average molecular weight is 176 g/mol. The molecular formula is C6H22KN3. The third-order valence-electron chi connectivity index (χ3n) is 0.0516. The van der Waals surface area contributed by atoms with Crippen LogP contribution < -0.4 is 51.4 Å². The Morgan fingerprint density at radius 3 is 1.50 bits per heavy atom. The molecule has 4 heteroatoms. The van der Waals surface area contributed by atoms with Crippen molar-refractivity contribution >= 4 is 0 Å². The van der Waals surface area contributed by atoms with Crippen LogP contribution in [0.15, 0.2) is 5.11 Å². The summed E-state index contributed by atoms with van der Waals surface area (Å²) in [5.41, 5.74) is 7.37. The molecule has 0 aliphatic carbocycles. The molecule has 0 bridgehead atoms. The maximum absolute atomic E-state index is 7.37. The van der Waals surface area contributed by atoms with Crippen LogP contribution in [0.25, 0.3) is 10.4 Å². The molecule has 0 atom stereocenters. The zero-order chi connectivity index (χ0) is 4.12. The normalized spacial score (nSPS) is 2.60. The van der Waals surface area contributed by atoms with E-state index in [1.54, 1.807) is 0 Å². The van der Waals surface area contributed by atoms with Gasteiger partial charge in [0.15, 0.2) is 0 Å². The zero-order valence-corrected chi connectivity index (χ0v) is 6.04. The summed E-state index contributed by atoms with van der Waals surface area (Å²) < 4.78 is 6.06. The van der Waals surface area contributed by atoms with E-state index in [1.165, 1.54) is 0 Å². The second kappa shape index (κ2) is 96.2. The van der Waals surface area contributed by atoms with Gasteiger partial charge in [0.1, 0.15) is 0 Å². The Kier molecular flexibility index (Phi) is 432. The Morgan fingerprint density at radius 1 is 1.20 bits per heavy atom. The predicted molar refractivity (Wildman–Crippen MR) is 48.2 cm³/mol. The van der Waals surface area contributed by atoms with Crippen LogP contribution in [0, 0.1) is 7.02 Å². The molecule has 10 heavy (non-hydrogen) atoms. The van der Waals surface area contributed by atoms with Crippen molar-refractivity contribution in [2.24, 2.45) is 5.11 Å². The van der Waals surface area contributed by atoms with E-state index in [-0.39, 0.29) is 88.5 Å². The fraction of sp³-hybridized carbons (Fsp3) is 0.833. The fourth-order valence-electron chi connectivity index (χ4n) is 0. The van der Waals surface area contributed by atoms with E-state index in [1.807, 2.05) is 0 Å². The molecule has 0 saturated carbocycles. The van der Waals surface area contributed by atoms with Gasteiger partial charge in [-0.2, -0.15) is 1.37 Å². The van der Waals surface area contributed by atoms with Gasteiger partial charge in [0.05, 0.1) is 0 Å². The molecule has 0 aromatic rings. The van der Waals surface area contributed by atoms with Gasteiger partial charge in [-0.25, -0.2) is 0 Å². The second-order valence-electron chi connectivity index (χ2n) is 0.205. The summed E-state index contributed by atoms with van der Waals surface area (Å²) in [7, 11) is 0.639. The first kappa shape index (κ1) is 44.9. The van der Waals surface area contributed by atoms with Gasteiger partial charge in [-0.15, -0.1) is 0 Å². The summed E-state index contributed by atoms with van der Waals surface area (Å²) in [6.07, 6.45) is 0. The minimum atomic E-state index is 0. The van der Waals surface area contributed by atoms with Crippen molar-refractivity contribution < 1.29 is 52.8 Å². The van der Waals surface area contributed by atoms with Crippen molar-refractivity contribution in [2.45, 2.75) is 37.1 Å². The summed E-state index contributed by atoms with van der Waals surface area (Å²) in [6, 6.07) is 0. The molecule has 0 aromatic heterocycles. The van der Waals surface area contributed by atoms with Crippen LogP contribution in [0.3, 0.4) is 0 Å². The smallest absolute Gasteiger partial charge is 0.331 e. The van der Waals surface area contributed by atoms with Crippen molar-refractivity contribution in [1.82, 2.24) is 0 Å². The van der Waals surface area contributed by atoms with Gasteiger partial charge in [-0.05, 0) is 10.4 Å². The van der Waals surface area contributed by atoms with Crippen molar-refractivity contribution in [1.29, 1.82) is 0 Å². The average Bonchev–Trinajstić information content (AvgIpc) is 1.41. The van der Waals surface area contributed by atoms with Gasteiger partial charge in [0.2, 0.25) is 0 Å². The Bertz CT molecular complexity index is 64.8. The summed E-state index contributed by atoms with van der Waals surface area (Å²) in [5, 5.41) is 2.69. The first-order chi connectivity index (χ1) is 2.41. The maximum atomic E-state index is 7.37. The number of hydrogen-bond acceptors (Lipinski definition) is 1. The Hall–Kier alpha value is 0.816. The summed E-state index contributed by atoms with van der Waals surface area (Å²) in [4.78, 5) is 2.24. The molecule has 0 N–H and O–H groups in total. The molecule has 0 amide bonds. The summed E-state index contributed by atoms with van der Waals surface area (Å²) in [6.45, 7) is 0. The van der Waals surface area contributed by atoms with Crippen molar-refractivity contribution in [3.63, 3.8) is 0 Å². The maximum Gasteiger partial charge on any atom is 1.00 e. The van der Waals surface area contributed by atoms with E-state index in [0.717, 1.165) is 0 Å². The van der Waals surface area contributed by atoms with E-state index >= 15 is 0 Å². The van der Waals surface area contributed by atoms with E-state index in [9.17, 15) is 0 Å². The molecule has 0 unspecified atom stereocenters. The number of hydrogen-bond donors (Lipinski definition) is 0. The SMILES string of the molecule is C.C.C.C.C.[2H][CH-]N=[N+]=[N-].[K+]. The predicted octanol–water partition coefficient (Wildman–Crippen LogP) is 1.27. The molecule has 0 radical (unpaired) electrons. The Labute approximate surface area is 111 Å². The van der Waals surface area contributed by atoms with Crippen LogP contribution in [-0.2, 0) is 0 Å². The first-order valence-corrected chi connectivity index (χ1v) is 0.658. The molecule has 0 aromatic carbocycles. The minimum absolute atomic E-state index is 0. The van der Waals surface area contributed by atoms with Gasteiger partial charge in [0, 0.05) is 0 Å². The van der Waals surface area contributed by atoms with Gasteiger partial charge < -0.3 is 7.02 Å². The topological polar surface area (TPSA) is 48.8 Å². The van der Waals surface area contributed by atoms with Crippen molar-refractivity contribution in [2.75, 3.05) is 0 Å². The molecule has 62 valence electrons. The molecule has 0 saturated heterocycles. The largest absolute Gasteiger partial charge is 1.00 e. The van der Waals surface area contributed by atoms with Crippen molar-refractivity contribution in [3.05, 3.63) is 17.5 Å². The van der Waals surface area contributed by atoms with E-state index in [2.05, 4.69) is 10.0 Å². The first-order valence-electron chi connectivity index (χ1n) is 1.24. The zero-order valence-electron chi connectivity index (χ0n) is 3.92. The van der Waals surface area contributed by atoms with Crippen LogP contribution in [0.1, 0.15) is 38.5 Å². The molecule has 0 fully saturated rings. The van der Waals surface area contributed by atoms with Crippen LogP contribution in [0.4, 0.5) is 0 Å². The summed E-state index contributed by atoms with van der Waals surface area (Å²) >= 11 is 0. The molecule has 0 aliphatic rings. The fourth-order valence-corrected chi connectivity index (χ4v) is 0. The number of rotatable bonds is 1. The molecule has 0 spiro atoms. The van der Waals surface area contributed by atoms with Crippen LogP contribution in [-0.4, -0.2) is 0 Å². The van der Waals surface area contributed by atoms with Crippen LogP contribution >= 0.6 is 0 Å². The van der Waals surface area contributed by atoms with Gasteiger partial charge in [-0.3, -0.25) is 5.11 Å². The molecule has 0 heterocycles. The van der Waals surface area contributed by atoms with Crippen molar-refractivity contribution in [3.8, 4) is 0 Å². The molecular weight excluding hydrogens is 153 g/mol. The summed E-state index contributed by atoms with van der Waals surface area (Å²) in [5.74, 6) is 0. The standard InChI is InChI=1S/CH2N3.5CH4.K/c1-3-4-2;;;;;;/h1H2;5*1H4;/q-1;;;;;;+1/i1D;;;;;;. The molecule has 3 nitrogen and oxygen atoms in total. The van der Waals surface area contributed by atoms with Crippen LogP contribution in [0.5, 0.6) is 0 Å². The Balaban J connectivity index is -0.00000000533. The third-order valence-corrected chi connectivity index (χ3v) is 0.0516. The monoisotopic (exact) mass is 176 g/mol. The minimum Gasteiger partial charge on any atom is -0.331 e. The van der Waals surface area contributed by atoms with E-state index < -0.39 is 0 Å². The van der Waals surface area contributed by atoms with Crippen LogP contribution in [0.2, 0.25) is 0 Å². The van der Waals surface area contributed by atoms with E-state index in [4.69, 9.17) is 6.90 Å². The van der Waals surface area contributed by atoms with Gasteiger partial charge in [0.25, 0.3) is 0 Å². The number of nitrogens with zero attached hydrogens (tertiary/aromatic N) is 3. The van der Waals surface area contributed by atoms with Gasteiger partial charge >= 0.3 is 51.4 Å².